The van der Waals surface area contributed by atoms with E-state index in [1.54, 1.807) is 0 Å². The minimum atomic E-state index is -2.42. The molecule has 1 atom stereocenters. The van der Waals surface area contributed by atoms with Crippen molar-refractivity contribution >= 4 is 11.8 Å². The predicted molar refractivity (Wildman–Crippen MR) is 71.1 cm³/mol. The SMILES string of the molecule is CC(C)Cn1c(CN)nnc1SCC[C@H]1CC1(F)F. The topological polar surface area (TPSA) is 56.7 Å². The van der Waals surface area contributed by atoms with Crippen molar-refractivity contribution in [3.05, 3.63) is 5.82 Å². The quantitative estimate of drug-likeness (QED) is 0.784. The molecule has 0 saturated heterocycles. The van der Waals surface area contributed by atoms with Gasteiger partial charge in [-0.2, -0.15) is 0 Å². The van der Waals surface area contributed by atoms with E-state index in [0.717, 1.165) is 17.5 Å². The van der Waals surface area contributed by atoms with Gasteiger partial charge in [0.2, 0.25) is 0 Å². The van der Waals surface area contributed by atoms with Crippen molar-refractivity contribution in [2.75, 3.05) is 5.75 Å². The smallest absolute Gasteiger partial charge is 0.251 e. The van der Waals surface area contributed by atoms with Crippen molar-refractivity contribution in [2.24, 2.45) is 17.6 Å². The normalized spacial score (nSPS) is 21.1. The largest absolute Gasteiger partial charge is 0.324 e. The van der Waals surface area contributed by atoms with Gasteiger partial charge in [0.25, 0.3) is 5.92 Å². The van der Waals surface area contributed by atoms with Gasteiger partial charge in [-0.15, -0.1) is 10.2 Å². The summed E-state index contributed by atoms with van der Waals surface area (Å²) < 4.78 is 27.5. The molecule has 0 amide bonds. The van der Waals surface area contributed by atoms with E-state index in [9.17, 15) is 8.78 Å². The molecule has 1 saturated carbocycles. The van der Waals surface area contributed by atoms with Crippen LogP contribution in [0.5, 0.6) is 0 Å². The summed E-state index contributed by atoms with van der Waals surface area (Å²) in [7, 11) is 0. The van der Waals surface area contributed by atoms with Crippen LogP contribution in [0.15, 0.2) is 5.16 Å². The number of thioether (sulfide) groups is 1. The number of alkyl halides is 2. The molecule has 1 heterocycles. The van der Waals surface area contributed by atoms with Gasteiger partial charge in [-0.25, -0.2) is 8.78 Å². The van der Waals surface area contributed by atoms with Gasteiger partial charge in [-0.3, -0.25) is 0 Å². The Morgan fingerprint density at radius 1 is 1.47 bits per heavy atom. The molecule has 19 heavy (non-hydrogen) atoms. The fourth-order valence-corrected chi connectivity index (χ4v) is 3.02. The first-order valence-electron chi connectivity index (χ1n) is 6.56. The first-order chi connectivity index (χ1) is 8.94. The minimum absolute atomic E-state index is 0.0420. The molecule has 0 aliphatic heterocycles. The zero-order valence-electron chi connectivity index (χ0n) is 11.3. The lowest BCUT2D eigenvalue weighted by Crippen LogP contribution is -2.13. The molecular weight excluding hydrogens is 270 g/mol. The van der Waals surface area contributed by atoms with Crippen LogP contribution in [-0.2, 0) is 13.1 Å². The van der Waals surface area contributed by atoms with Crippen molar-refractivity contribution in [3.63, 3.8) is 0 Å². The standard InChI is InChI=1S/C12H20F2N4S/c1-8(2)7-18-10(6-15)16-17-11(18)19-4-3-9-5-12(9,13)14/h8-9H,3-7,15H2,1-2H3/t9-/m0/s1. The number of rotatable bonds is 7. The van der Waals surface area contributed by atoms with Crippen molar-refractivity contribution in [2.45, 2.75) is 50.9 Å². The molecule has 0 radical (unpaired) electrons. The van der Waals surface area contributed by atoms with Crippen LogP contribution in [-0.4, -0.2) is 26.4 Å². The van der Waals surface area contributed by atoms with Gasteiger partial charge in [-0.1, -0.05) is 25.6 Å². The third-order valence-corrected chi connectivity index (χ3v) is 4.18. The summed E-state index contributed by atoms with van der Waals surface area (Å²) in [6.07, 6.45) is 0.574. The molecule has 1 aromatic heterocycles. The van der Waals surface area contributed by atoms with Gasteiger partial charge < -0.3 is 10.3 Å². The summed E-state index contributed by atoms with van der Waals surface area (Å²) in [5, 5.41) is 8.94. The van der Waals surface area contributed by atoms with Gasteiger partial charge in [0.15, 0.2) is 5.16 Å². The van der Waals surface area contributed by atoms with E-state index in [1.807, 2.05) is 4.57 Å². The number of aromatic nitrogens is 3. The summed E-state index contributed by atoms with van der Waals surface area (Å²) in [6, 6.07) is 0. The van der Waals surface area contributed by atoms with Crippen molar-refractivity contribution in [3.8, 4) is 0 Å². The predicted octanol–water partition coefficient (Wildman–Crippen LogP) is 2.53. The summed E-state index contributed by atoms with van der Waals surface area (Å²) in [4.78, 5) is 0. The first-order valence-corrected chi connectivity index (χ1v) is 7.55. The molecule has 2 N–H and O–H groups in total. The second-order valence-electron chi connectivity index (χ2n) is 5.41. The van der Waals surface area contributed by atoms with Crippen LogP contribution in [0.2, 0.25) is 0 Å². The molecular formula is C12H20F2N4S. The highest BCUT2D eigenvalue weighted by Gasteiger charge is 2.55. The molecule has 2 rings (SSSR count). The van der Waals surface area contributed by atoms with Crippen LogP contribution in [0.1, 0.15) is 32.5 Å². The number of nitrogens with zero attached hydrogens (tertiary/aromatic N) is 3. The summed E-state index contributed by atoms with van der Waals surface area (Å²) in [5.74, 6) is -0.979. The number of halogens is 2. The van der Waals surface area contributed by atoms with Gasteiger partial charge >= 0.3 is 0 Å². The van der Waals surface area contributed by atoms with E-state index >= 15 is 0 Å². The molecule has 0 unspecified atom stereocenters. The molecule has 7 heteroatoms. The summed E-state index contributed by atoms with van der Waals surface area (Å²) in [6.45, 7) is 5.38. The third kappa shape index (κ3) is 3.66. The maximum Gasteiger partial charge on any atom is 0.251 e. The van der Waals surface area contributed by atoms with Crippen LogP contribution in [0.3, 0.4) is 0 Å². The molecule has 4 nitrogen and oxygen atoms in total. The molecule has 1 aliphatic carbocycles. The average Bonchev–Trinajstić information content (AvgIpc) is 2.76. The van der Waals surface area contributed by atoms with Crippen LogP contribution in [0.25, 0.3) is 0 Å². The Morgan fingerprint density at radius 2 is 2.16 bits per heavy atom. The lowest BCUT2D eigenvalue weighted by atomic mass is 10.2. The molecule has 108 valence electrons. The van der Waals surface area contributed by atoms with E-state index in [-0.39, 0.29) is 6.42 Å². The molecule has 0 aromatic carbocycles. The van der Waals surface area contributed by atoms with Gasteiger partial charge in [-0.05, 0) is 12.3 Å². The van der Waals surface area contributed by atoms with Crippen LogP contribution < -0.4 is 5.73 Å². The van der Waals surface area contributed by atoms with E-state index in [4.69, 9.17) is 5.73 Å². The Labute approximate surface area is 116 Å². The Balaban J connectivity index is 1.90. The first kappa shape index (κ1) is 14.7. The van der Waals surface area contributed by atoms with Crippen LogP contribution in [0.4, 0.5) is 8.78 Å². The Hall–Kier alpha value is -0.690. The molecule has 0 bridgehead atoms. The van der Waals surface area contributed by atoms with E-state index < -0.39 is 11.8 Å². The maximum atomic E-state index is 12.8. The number of hydrogen-bond donors (Lipinski definition) is 1. The van der Waals surface area contributed by atoms with Crippen molar-refractivity contribution < 1.29 is 8.78 Å². The number of hydrogen-bond acceptors (Lipinski definition) is 4. The average molecular weight is 290 g/mol. The van der Waals surface area contributed by atoms with Crippen molar-refractivity contribution in [1.29, 1.82) is 0 Å². The fourth-order valence-electron chi connectivity index (χ4n) is 2.00. The molecule has 1 aromatic rings. The molecule has 0 spiro atoms. The second-order valence-corrected chi connectivity index (χ2v) is 6.47. The summed E-state index contributed by atoms with van der Waals surface area (Å²) in [5.41, 5.74) is 5.63. The Bertz CT molecular complexity index is 433. The highest BCUT2D eigenvalue weighted by molar-refractivity contribution is 7.99. The maximum absolute atomic E-state index is 12.8. The highest BCUT2D eigenvalue weighted by atomic mass is 32.2. The minimum Gasteiger partial charge on any atom is -0.324 e. The van der Waals surface area contributed by atoms with Gasteiger partial charge in [0, 0.05) is 24.6 Å². The monoisotopic (exact) mass is 290 g/mol. The lowest BCUT2D eigenvalue weighted by molar-refractivity contribution is 0.0983. The van der Waals surface area contributed by atoms with E-state index in [1.165, 1.54) is 11.8 Å². The highest BCUT2D eigenvalue weighted by Crippen LogP contribution is 2.51. The second kappa shape index (κ2) is 5.75. The zero-order chi connectivity index (χ0) is 14.0. The third-order valence-electron chi connectivity index (χ3n) is 3.18. The Kier molecular flexibility index (Phi) is 4.45. The Morgan fingerprint density at radius 3 is 2.68 bits per heavy atom. The van der Waals surface area contributed by atoms with Gasteiger partial charge in [0.1, 0.15) is 5.82 Å². The number of nitrogens with two attached hydrogens (primary N) is 1. The van der Waals surface area contributed by atoms with Crippen LogP contribution in [0, 0.1) is 11.8 Å². The van der Waals surface area contributed by atoms with E-state index in [2.05, 4.69) is 24.0 Å². The zero-order valence-corrected chi connectivity index (χ0v) is 12.1. The van der Waals surface area contributed by atoms with Crippen LogP contribution >= 0.6 is 11.8 Å². The molecule has 1 fully saturated rings. The lowest BCUT2D eigenvalue weighted by Gasteiger charge is -2.11. The fraction of sp³-hybridized carbons (Fsp3) is 0.833. The van der Waals surface area contributed by atoms with Gasteiger partial charge in [0.05, 0.1) is 6.54 Å². The van der Waals surface area contributed by atoms with E-state index in [0.29, 0.717) is 24.6 Å². The molecule has 1 aliphatic rings. The van der Waals surface area contributed by atoms with Crippen molar-refractivity contribution in [1.82, 2.24) is 14.8 Å². The summed E-state index contributed by atoms with van der Waals surface area (Å²) >= 11 is 1.49.